The molecule has 33 heavy (non-hydrogen) atoms. The van der Waals surface area contributed by atoms with Crippen LogP contribution in [0.15, 0.2) is 52.1 Å². The lowest BCUT2D eigenvalue weighted by molar-refractivity contribution is 0.0361. The molecule has 1 amide bonds. The van der Waals surface area contributed by atoms with Crippen molar-refractivity contribution in [2.45, 2.75) is 13.1 Å². The Bertz CT molecular complexity index is 1260. The highest BCUT2D eigenvalue weighted by molar-refractivity contribution is 5.97. The normalized spacial score (nSPS) is 14.4. The largest absolute Gasteiger partial charge is 0.497 e. The average molecular weight is 453 g/mol. The molecule has 1 aliphatic heterocycles. The van der Waals surface area contributed by atoms with E-state index < -0.39 is 0 Å². The molecular formula is C24H28N4O5. The number of hydrogen-bond donors (Lipinski definition) is 1. The first-order valence-electron chi connectivity index (χ1n) is 10.9. The van der Waals surface area contributed by atoms with Crippen LogP contribution < -0.4 is 21.3 Å². The molecule has 4 rings (SSSR count). The van der Waals surface area contributed by atoms with Crippen molar-refractivity contribution in [2.24, 2.45) is 7.05 Å². The summed E-state index contributed by atoms with van der Waals surface area (Å²) in [6.45, 7) is 4.08. The Morgan fingerprint density at radius 2 is 1.79 bits per heavy atom. The van der Waals surface area contributed by atoms with E-state index >= 15 is 0 Å². The van der Waals surface area contributed by atoms with Crippen LogP contribution in [0, 0.1) is 0 Å². The second-order valence-electron chi connectivity index (χ2n) is 8.02. The third-order valence-corrected chi connectivity index (χ3v) is 5.97. The monoisotopic (exact) mass is 452 g/mol. The summed E-state index contributed by atoms with van der Waals surface area (Å²) in [7, 11) is 3.24. The number of carbonyl (C=O) groups excluding carboxylic acids is 1. The average Bonchev–Trinajstić information content (AvgIpc) is 2.86. The Hall–Kier alpha value is -3.43. The summed E-state index contributed by atoms with van der Waals surface area (Å²) in [6, 6.07) is 12.3. The molecule has 2 heterocycles. The van der Waals surface area contributed by atoms with E-state index in [-0.39, 0.29) is 23.7 Å². The number of benzene rings is 2. The second kappa shape index (κ2) is 10.0. The molecule has 0 spiro atoms. The van der Waals surface area contributed by atoms with E-state index in [1.54, 1.807) is 32.4 Å². The number of nitrogens with one attached hydrogen (secondary N) is 1. The minimum Gasteiger partial charge on any atom is -0.497 e. The molecule has 1 saturated heterocycles. The van der Waals surface area contributed by atoms with Crippen molar-refractivity contribution in [3.05, 3.63) is 74.4 Å². The van der Waals surface area contributed by atoms with Gasteiger partial charge in [-0.1, -0.05) is 12.1 Å². The predicted molar refractivity (Wildman–Crippen MR) is 125 cm³/mol. The molecule has 0 radical (unpaired) electrons. The number of morpholine rings is 1. The van der Waals surface area contributed by atoms with Gasteiger partial charge in [-0.15, -0.1) is 0 Å². The highest BCUT2D eigenvalue weighted by Crippen LogP contribution is 2.13. The molecule has 1 aromatic heterocycles. The van der Waals surface area contributed by atoms with Crippen molar-refractivity contribution in [3.63, 3.8) is 0 Å². The summed E-state index contributed by atoms with van der Waals surface area (Å²) in [5.74, 6) is 0.455. The van der Waals surface area contributed by atoms with Crippen molar-refractivity contribution in [2.75, 3.05) is 40.0 Å². The van der Waals surface area contributed by atoms with Gasteiger partial charge >= 0.3 is 5.69 Å². The summed E-state index contributed by atoms with van der Waals surface area (Å²) < 4.78 is 13.2. The predicted octanol–water partition coefficient (Wildman–Crippen LogP) is 0.971. The first kappa shape index (κ1) is 22.8. The maximum atomic E-state index is 13.2. The van der Waals surface area contributed by atoms with Crippen molar-refractivity contribution < 1.29 is 14.3 Å². The Morgan fingerprint density at radius 3 is 2.48 bits per heavy atom. The standard InChI is InChI=1S/C24H28N4O5/c1-26-21-8-5-18(22(29)25-16-17-3-6-19(32-2)7-4-17)15-20(21)23(30)28(24(26)31)10-9-27-11-13-33-14-12-27/h3-8,15H,9-14,16H2,1-2H3,(H,25,29). The summed E-state index contributed by atoms with van der Waals surface area (Å²) in [5.41, 5.74) is 1.05. The lowest BCUT2D eigenvalue weighted by Gasteiger charge is -2.26. The third-order valence-electron chi connectivity index (χ3n) is 5.97. The highest BCUT2D eigenvalue weighted by Gasteiger charge is 2.16. The van der Waals surface area contributed by atoms with Gasteiger partial charge in [0.05, 0.1) is 31.2 Å². The number of rotatable bonds is 7. The Labute approximate surface area is 191 Å². The minimum absolute atomic E-state index is 0.287. The molecule has 0 saturated carbocycles. The van der Waals surface area contributed by atoms with Gasteiger partial charge in [0.25, 0.3) is 11.5 Å². The third kappa shape index (κ3) is 4.99. The number of hydrogen-bond acceptors (Lipinski definition) is 6. The fourth-order valence-electron chi connectivity index (χ4n) is 3.95. The van der Waals surface area contributed by atoms with Crippen LogP contribution in [0.3, 0.4) is 0 Å². The van der Waals surface area contributed by atoms with Crippen molar-refractivity contribution in [1.29, 1.82) is 0 Å². The van der Waals surface area contributed by atoms with Crippen molar-refractivity contribution in [1.82, 2.24) is 19.4 Å². The van der Waals surface area contributed by atoms with Crippen molar-refractivity contribution in [3.8, 4) is 5.75 Å². The van der Waals surface area contributed by atoms with Gasteiger partial charge in [0.15, 0.2) is 0 Å². The minimum atomic E-state index is -0.383. The van der Waals surface area contributed by atoms with Crippen LogP contribution in [0.2, 0.25) is 0 Å². The fraction of sp³-hybridized carbons (Fsp3) is 0.375. The maximum Gasteiger partial charge on any atom is 0.331 e. The van der Waals surface area contributed by atoms with E-state index in [4.69, 9.17) is 9.47 Å². The van der Waals surface area contributed by atoms with Crippen LogP contribution in [-0.2, 0) is 24.9 Å². The van der Waals surface area contributed by atoms with E-state index in [9.17, 15) is 14.4 Å². The van der Waals surface area contributed by atoms with Gasteiger partial charge in [0, 0.05) is 45.3 Å². The Morgan fingerprint density at radius 1 is 1.06 bits per heavy atom. The SMILES string of the molecule is COc1ccc(CNC(=O)c2ccc3c(c2)c(=O)n(CCN2CCOCC2)c(=O)n3C)cc1. The molecule has 0 aliphatic carbocycles. The van der Waals surface area contributed by atoms with Crippen molar-refractivity contribution >= 4 is 16.8 Å². The smallest absolute Gasteiger partial charge is 0.331 e. The number of amides is 1. The zero-order valence-electron chi connectivity index (χ0n) is 18.9. The summed E-state index contributed by atoms with van der Waals surface area (Å²) in [5, 5.41) is 3.21. The number of methoxy groups -OCH3 is 1. The molecule has 9 heteroatoms. The molecular weight excluding hydrogens is 424 g/mol. The first-order valence-corrected chi connectivity index (χ1v) is 10.9. The van der Waals surface area contributed by atoms with Gasteiger partial charge in [0.1, 0.15) is 5.75 Å². The van der Waals surface area contributed by atoms with E-state index in [1.807, 2.05) is 24.3 Å². The summed E-state index contributed by atoms with van der Waals surface area (Å²) >= 11 is 0. The van der Waals surface area contributed by atoms with Crippen LogP contribution in [-0.4, -0.2) is 59.9 Å². The van der Waals surface area contributed by atoms with Crippen LogP contribution >= 0.6 is 0 Å². The molecule has 0 atom stereocenters. The van der Waals surface area contributed by atoms with Gasteiger partial charge in [-0.05, 0) is 35.9 Å². The zero-order chi connectivity index (χ0) is 23.4. The second-order valence-corrected chi connectivity index (χ2v) is 8.02. The number of carbonyl (C=O) groups is 1. The first-order chi connectivity index (χ1) is 16.0. The Balaban J connectivity index is 1.55. The van der Waals surface area contributed by atoms with Gasteiger partial charge < -0.3 is 14.8 Å². The number of aryl methyl sites for hydroxylation is 1. The lowest BCUT2D eigenvalue weighted by atomic mass is 10.1. The number of ether oxygens (including phenoxy) is 2. The highest BCUT2D eigenvalue weighted by atomic mass is 16.5. The van der Waals surface area contributed by atoms with Gasteiger partial charge in [-0.25, -0.2) is 4.79 Å². The number of nitrogens with zero attached hydrogens (tertiary/aromatic N) is 3. The van der Waals surface area contributed by atoms with Gasteiger partial charge in [-0.2, -0.15) is 0 Å². The molecule has 2 aromatic carbocycles. The molecule has 1 aliphatic rings. The zero-order valence-corrected chi connectivity index (χ0v) is 18.9. The van der Waals surface area contributed by atoms with E-state index in [1.165, 1.54) is 9.13 Å². The quantitative estimate of drug-likeness (QED) is 0.574. The summed E-state index contributed by atoms with van der Waals surface area (Å²) in [6.07, 6.45) is 0. The van der Waals surface area contributed by atoms with E-state index in [2.05, 4.69) is 10.2 Å². The topological polar surface area (TPSA) is 94.8 Å². The van der Waals surface area contributed by atoms with Crippen LogP contribution in [0.25, 0.3) is 10.9 Å². The van der Waals surface area contributed by atoms with Gasteiger partial charge in [-0.3, -0.25) is 23.6 Å². The fourth-order valence-corrected chi connectivity index (χ4v) is 3.95. The molecule has 0 bridgehead atoms. The van der Waals surface area contributed by atoms with Gasteiger partial charge in [0.2, 0.25) is 0 Å². The Kier molecular flexibility index (Phi) is 6.90. The molecule has 174 valence electrons. The molecule has 3 aromatic rings. The van der Waals surface area contributed by atoms with Crippen LogP contribution in [0.4, 0.5) is 0 Å². The van der Waals surface area contributed by atoms with Crippen LogP contribution in [0.5, 0.6) is 5.75 Å². The maximum absolute atomic E-state index is 13.2. The molecule has 1 fully saturated rings. The number of aromatic nitrogens is 2. The summed E-state index contributed by atoms with van der Waals surface area (Å²) in [4.78, 5) is 40.8. The van der Waals surface area contributed by atoms with E-state index in [0.29, 0.717) is 42.8 Å². The molecule has 9 nitrogen and oxygen atoms in total. The lowest BCUT2D eigenvalue weighted by Crippen LogP contribution is -2.44. The van der Waals surface area contributed by atoms with E-state index in [0.717, 1.165) is 24.4 Å². The molecule has 1 N–H and O–H groups in total. The number of fused-ring (bicyclic) bond motifs is 1. The van der Waals surface area contributed by atoms with Crippen LogP contribution in [0.1, 0.15) is 15.9 Å². The molecule has 0 unspecified atom stereocenters.